The number of amides is 1. The van der Waals surface area contributed by atoms with Gasteiger partial charge in [-0.3, -0.25) is 9.69 Å². The highest BCUT2D eigenvalue weighted by Gasteiger charge is 2.20. The van der Waals surface area contributed by atoms with E-state index < -0.39 is 0 Å². The highest BCUT2D eigenvalue weighted by Crippen LogP contribution is 2.34. The van der Waals surface area contributed by atoms with E-state index in [0.717, 1.165) is 21.7 Å². The molecular weight excluding hydrogens is 380 g/mol. The number of thiazole rings is 1. The summed E-state index contributed by atoms with van der Waals surface area (Å²) in [5.74, 6) is 1.72. The number of rotatable bonds is 5. The summed E-state index contributed by atoms with van der Waals surface area (Å²) in [4.78, 5) is 19.5. The number of aromatic nitrogens is 1. The van der Waals surface area contributed by atoms with Gasteiger partial charge in [-0.05, 0) is 60.9 Å². The van der Waals surface area contributed by atoms with Crippen LogP contribution in [0.2, 0.25) is 0 Å². The topological polar surface area (TPSA) is 46.3 Å². The third kappa shape index (κ3) is 4.15. The van der Waals surface area contributed by atoms with Crippen molar-refractivity contribution in [3.05, 3.63) is 83.8 Å². The van der Waals surface area contributed by atoms with E-state index in [2.05, 4.69) is 26.0 Å². The molecule has 0 aliphatic rings. The monoisotopic (exact) mass is 402 g/mol. The Balaban J connectivity index is 1.73. The normalized spacial score (nSPS) is 11.6. The first-order valence-corrected chi connectivity index (χ1v) is 10.4. The fraction of sp³-hybridized carbons (Fsp3) is 0.167. The second-order valence-corrected chi connectivity index (χ2v) is 8.17. The van der Waals surface area contributed by atoms with Crippen molar-refractivity contribution < 1.29 is 9.21 Å². The first-order valence-electron chi connectivity index (χ1n) is 9.55. The maximum Gasteiger partial charge on any atom is 0.257 e. The van der Waals surface area contributed by atoms with Crippen molar-refractivity contribution in [1.82, 2.24) is 4.98 Å². The zero-order valence-corrected chi connectivity index (χ0v) is 17.4. The van der Waals surface area contributed by atoms with Crippen molar-refractivity contribution in [1.29, 1.82) is 0 Å². The van der Waals surface area contributed by atoms with Gasteiger partial charge in [0.2, 0.25) is 0 Å². The predicted molar refractivity (Wildman–Crippen MR) is 120 cm³/mol. The van der Waals surface area contributed by atoms with Gasteiger partial charge in [-0.2, -0.15) is 0 Å². The minimum atomic E-state index is -0.171. The van der Waals surface area contributed by atoms with E-state index in [9.17, 15) is 4.79 Å². The molecule has 4 nitrogen and oxygen atoms in total. The lowest BCUT2D eigenvalue weighted by Crippen LogP contribution is -2.23. The number of carbonyl (C=O) groups excluding carboxylic acids is 1. The minimum absolute atomic E-state index is 0.171. The van der Waals surface area contributed by atoms with Crippen LogP contribution >= 0.6 is 11.3 Å². The first kappa shape index (κ1) is 19.2. The molecule has 0 spiro atoms. The second kappa shape index (κ2) is 8.05. The van der Waals surface area contributed by atoms with E-state index in [1.165, 1.54) is 23.0 Å². The fourth-order valence-corrected chi connectivity index (χ4v) is 4.06. The lowest BCUT2D eigenvalue weighted by Gasteiger charge is -2.19. The molecule has 2 aromatic heterocycles. The van der Waals surface area contributed by atoms with E-state index in [-0.39, 0.29) is 5.91 Å². The molecule has 0 bridgehead atoms. The largest absolute Gasteiger partial charge is 0.462 e. The summed E-state index contributed by atoms with van der Waals surface area (Å²) >= 11 is 1.50. The zero-order valence-electron chi connectivity index (χ0n) is 16.6. The predicted octanol–water partition coefficient (Wildman–Crippen LogP) is 6.70. The zero-order chi connectivity index (χ0) is 20.4. The van der Waals surface area contributed by atoms with E-state index in [0.29, 0.717) is 16.8 Å². The Hall–Kier alpha value is -3.18. The molecule has 5 heteroatoms. The third-order valence-electron chi connectivity index (χ3n) is 4.66. The number of hydrogen-bond acceptors (Lipinski definition) is 4. The van der Waals surface area contributed by atoms with Crippen LogP contribution in [0.4, 0.5) is 10.8 Å². The van der Waals surface area contributed by atoms with Gasteiger partial charge >= 0.3 is 0 Å². The molecule has 0 unspecified atom stereocenters. The van der Waals surface area contributed by atoms with Crippen LogP contribution in [0.15, 0.2) is 71.2 Å². The van der Waals surface area contributed by atoms with Crippen molar-refractivity contribution in [2.24, 2.45) is 0 Å². The highest BCUT2D eigenvalue weighted by molar-refractivity contribution is 7.22. The summed E-state index contributed by atoms with van der Waals surface area (Å²) in [7, 11) is 0. The molecule has 2 aromatic carbocycles. The SMILES string of the molecule is Cc1ccc(/C=C/C(=O)N(c2ccc(C(C)C)cc2)c2nc3ccccc3s2)o1. The molecule has 4 rings (SSSR count). The van der Waals surface area contributed by atoms with Gasteiger partial charge in [-0.25, -0.2) is 4.98 Å². The summed E-state index contributed by atoms with van der Waals surface area (Å²) in [5, 5.41) is 0.647. The molecule has 4 aromatic rings. The number of fused-ring (bicyclic) bond motifs is 1. The lowest BCUT2D eigenvalue weighted by atomic mass is 10.0. The van der Waals surface area contributed by atoms with Gasteiger partial charge in [0.25, 0.3) is 5.91 Å². The molecule has 146 valence electrons. The molecular formula is C24H22N2O2S. The van der Waals surface area contributed by atoms with E-state index in [1.807, 2.05) is 55.5 Å². The van der Waals surface area contributed by atoms with Crippen LogP contribution in [0.3, 0.4) is 0 Å². The molecule has 0 N–H and O–H groups in total. The quantitative estimate of drug-likeness (QED) is 0.349. The summed E-state index contributed by atoms with van der Waals surface area (Å²) in [6, 6.07) is 19.7. The van der Waals surface area contributed by atoms with Crippen molar-refractivity contribution >= 4 is 44.4 Å². The third-order valence-corrected chi connectivity index (χ3v) is 5.69. The Morgan fingerprint density at radius 3 is 2.48 bits per heavy atom. The molecule has 0 aliphatic carbocycles. The second-order valence-electron chi connectivity index (χ2n) is 7.17. The van der Waals surface area contributed by atoms with Crippen molar-refractivity contribution in [3.63, 3.8) is 0 Å². The van der Waals surface area contributed by atoms with Crippen LogP contribution in [-0.2, 0) is 4.79 Å². The van der Waals surface area contributed by atoms with Gasteiger partial charge in [0.05, 0.1) is 15.9 Å². The van der Waals surface area contributed by atoms with Crippen LogP contribution in [0.1, 0.15) is 36.8 Å². The smallest absolute Gasteiger partial charge is 0.257 e. The molecule has 0 fully saturated rings. The van der Waals surface area contributed by atoms with Crippen LogP contribution < -0.4 is 4.90 Å². The maximum atomic E-state index is 13.2. The molecule has 29 heavy (non-hydrogen) atoms. The molecule has 0 radical (unpaired) electrons. The summed E-state index contributed by atoms with van der Waals surface area (Å²) in [5.41, 5.74) is 2.90. The summed E-state index contributed by atoms with van der Waals surface area (Å²) in [6.45, 7) is 6.18. The van der Waals surface area contributed by atoms with Crippen LogP contribution in [-0.4, -0.2) is 10.9 Å². The Kier molecular flexibility index (Phi) is 5.32. The average molecular weight is 403 g/mol. The number of furan rings is 1. The van der Waals surface area contributed by atoms with Crippen molar-refractivity contribution in [2.45, 2.75) is 26.7 Å². The maximum absolute atomic E-state index is 13.2. The Morgan fingerprint density at radius 2 is 1.83 bits per heavy atom. The number of para-hydroxylation sites is 1. The summed E-state index contributed by atoms with van der Waals surface area (Å²) < 4.78 is 6.59. The van der Waals surface area contributed by atoms with Crippen LogP contribution in [0, 0.1) is 6.92 Å². The van der Waals surface area contributed by atoms with Crippen LogP contribution in [0.25, 0.3) is 16.3 Å². The Bertz CT molecular complexity index is 1140. The number of nitrogens with zero attached hydrogens (tertiary/aromatic N) is 2. The van der Waals surface area contributed by atoms with Gasteiger partial charge in [0.1, 0.15) is 11.5 Å². The lowest BCUT2D eigenvalue weighted by molar-refractivity contribution is -0.113. The van der Waals surface area contributed by atoms with Crippen LogP contribution in [0.5, 0.6) is 0 Å². The minimum Gasteiger partial charge on any atom is -0.462 e. The molecule has 0 saturated heterocycles. The highest BCUT2D eigenvalue weighted by atomic mass is 32.1. The van der Waals surface area contributed by atoms with E-state index >= 15 is 0 Å². The van der Waals surface area contributed by atoms with Gasteiger partial charge in [-0.15, -0.1) is 0 Å². The van der Waals surface area contributed by atoms with Gasteiger partial charge in [0, 0.05) is 6.08 Å². The number of benzene rings is 2. The molecule has 0 atom stereocenters. The number of anilines is 2. The van der Waals surface area contributed by atoms with Gasteiger partial charge in [0.15, 0.2) is 5.13 Å². The molecule has 1 amide bonds. The Labute approximate surface area is 174 Å². The standard InChI is InChI=1S/C24H22N2O2S/c1-16(2)18-9-11-19(12-10-18)26(23(27)15-14-20-13-8-17(3)28-20)24-25-21-6-4-5-7-22(21)29-24/h4-16H,1-3H3/b15-14+. The average Bonchev–Trinajstić information content (AvgIpc) is 3.32. The fourth-order valence-electron chi connectivity index (χ4n) is 3.07. The van der Waals surface area contributed by atoms with Crippen molar-refractivity contribution in [3.8, 4) is 0 Å². The summed E-state index contributed by atoms with van der Waals surface area (Å²) in [6.07, 6.45) is 3.22. The Morgan fingerprint density at radius 1 is 1.07 bits per heavy atom. The molecule has 0 saturated carbocycles. The number of carbonyl (C=O) groups is 1. The first-order chi connectivity index (χ1) is 14.0. The molecule has 2 heterocycles. The van der Waals surface area contributed by atoms with E-state index in [1.54, 1.807) is 11.0 Å². The van der Waals surface area contributed by atoms with Crippen molar-refractivity contribution in [2.75, 3.05) is 4.90 Å². The molecule has 0 aliphatic heterocycles. The van der Waals surface area contributed by atoms with Gasteiger partial charge in [-0.1, -0.05) is 49.4 Å². The van der Waals surface area contributed by atoms with E-state index in [4.69, 9.17) is 9.40 Å². The van der Waals surface area contributed by atoms with Gasteiger partial charge < -0.3 is 4.42 Å². The number of hydrogen-bond donors (Lipinski definition) is 0. The number of aryl methyl sites for hydroxylation is 1.